The molecular weight excluding hydrogens is 417 g/mol. The third kappa shape index (κ3) is 3.19. The highest BCUT2D eigenvalue weighted by atomic mass is 35.5. The number of aryl methyl sites for hydroxylation is 1. The SMILES string of the molecule is CC1=NN2C(=N)C(=Cc3cc(C)n(-c4cc(Cl)cc(Cl)c4)c3C)C(=O)N=C2S1. The fourth-order valence-corrected chi connectivity index (χ4v) is 4.49. The Labute approximate surface area is 176 Å². The molecule has 1 aromatic heterocycles. The predicted molar refractivity (Wildman–Crippen MR) is 116 cm³/mol. The number of amides is 1. The number of halogens is 2. The molecule has 6 nitrogen and oxygen atoms in total. The minimum atomic E-state index is -0.441. The van der Waals surface area contributed by atoms with Crippen molar-refractivity contribution < 1.29 is 4.79 Å². The van der Waals surface area contributed by atoms with Gasteiger partial charge in [-0.15, -0.1) is 0 Å². The number of aromatic nitrogens is 1. The first kappa shape index (κ1) is 19.0. The molecule has 2 aliphatic heterocycles. The van der Waals surface area contributed by atoms with Crippen molar-refractivity contribution in [3.05, 3.63) is 56.8 Å². The van der Waals surface area contributed by atoms with Crippen LogP contribution in [0, 0.1) is 19.3 Å². The first-order chi connectivity index (χ1) is 13.2. The molecule has 4 rings (SSSR count). The van der Waals surface area contributed by atoms with E-state index >= 15 is 0 Å². The third-order valence-electron chi connectivity index (χ3n) is 4.43. The van der Waals surface area contributed by atoms with E-state index < -0.39 is 5.91 Å². The fraction of sp³-hybridized carbons (Fsp3) is 0.158. The van der Waals surface area contributed by atoms with Crippen molar-refractivity contribution in [2.24, 2.45) is 10.1 Å². The Morgan fingerprint density at radius 1 is 1.11 bits per heavy atom. The Hall–Kier alpha value is -2.35. The number of nitrogens with zero attached hydrogens (tertiary/aromatic N) is 4. The molecule has 2 aliphatic rings. The summed E-state index contributed by atoms with van der Waals surface area (Å²) < 4.78 is 2.00. The van der Waals surface area contributed by atoms with Gasteiger partial charge in [-0.3, -0.25) is 10.2 Å². The summed E-state index contributed by atoms with van der Waals surface area (Å²) in [4.78, 5) is 16.6. The number of benzene rings is 1. The van der Waals surface area contributed by atoms with E-state index in [-0.39, 0.29) is 11.4 Å². The second kappa shape index (κ2) is 6.92. The molecule has 1 amide bonds. The minimum absolute atomic E-state index is 0.0231. The highest BCUT2D eigenvalue weighted by Crippen LogP contribution is 2.30. The van der Waals surface area contributed by atoms with Crippen molar-refractivity contribution in [3.8, 4) is 5.69 Å². The Kier molecular flexibility index (Phi) is 4.69. The van der Waals surface area contributed by atoms with E-state index in [0.717, 1.165) is 27.7 Å². The van der Waals surface area contributed by atoms with Crippen LogP contribution in [0.3, 0.4) is 0 Å². The molecule has 0 atom stereocenters. The van der Waals surface area contributed by atoms with Gasteiger partial charge in [0.05, 0.1) is 10.6 Å². The lowest BCUT2D eigenvalue weighted by Gasteiger charge is -2.20. The van der Waals surface area contributed by atoms with Gasteiger partial charge >= 0.3 is 0 Å². The molecule has 142 valence electrons. The average Bonchev–Trinajstić information content (AvgIpc) is 3.09. The molecule has 0 saturated carbocycles. The van der Waals surface area contributed by atoms with Gasteiger partial charge in [-0.1, -0.05) is 23.2 Å². The number of hydrazone groups is 1. The second-order valence-corrected chi connectivity index (χ2v) is 8.46. The van der Waals surface area contributed by atoms with Crippen molar-refractivity contribution >= 4 is 63.0 Å². The second-order valence-electron chi connectivity index (χ2n) is 6.43. The zero-order valence-corrected chi connectivity index (χ0v) is 17.6. The molecule has 9 heteroatoms. The predicted octanol–water partition coefficient (Wildman–Crippen LogP) is 5.04. The lowest BCUT2D eigenvalue weighted by Crippen LogP contribution is -2.35. The number of hydrogen-bond acceptors (Lipinski definition) is 4. The standard InChI is InChI=1S/C19H15Cl2N5OS/c1-9-4-12(10(2)25(9)15-7-13(20)6-14(21)8-15)5-16-17(22)26-19(23-18(16)27)28-11(3)24-26/h4-8,22H,1-3H3. The Balaban J connectivity index is 1.79. The van der Waals surface area contributed by atoms with Gasteiger partial charge in [0.25, 0.3) is 5.91 Å². The molecule has 0 aliphatic carbocycles. The van der Waals surface area contributed by atoms with Crippen LogP contribution in [-0.2, 0) is 4.79 Å². The summed E-state index contributed by atoms with van der Waals surface area (Å²) in [6.45, 7) is 5.71. The molecule has 1 aromatic carbocycles. The number of aliphatic imine (C=N–C) groups is 1. The zero-order valence-electron chi connectivity index (χ0n) is 15.2. The molecule has 0 bridgehead atoms. The summed E-state index contributed by atoms with van der Waals surface area (Å²) >= 11 is 13.6. The van der Waals surface area contributed by atoms with Gasteiger partial charge in [0, 0.05) is 27.1 Å². The van der Waals surface area contributed by atoms with Crippen LogP contribution in [0.4, 0.5) is 0 Å². The number of carbonyl (C=O) groups excluding carboxylic acids is 1. The molecule has 2 aromatic rings. The summed E-state index contributed by atoms with van der Waals surface area (Å²) in [7, 11) is 0. The van der Waals surface area contributed by atoms with Crippen LogP contribution in [0.1, 0.15) is 23.9 Å². The monoisotopic (exact) mass is 431 g/mol. The summed E-state index contributed by atoms with van der Waals surface area (Å²) in [5, 5.41) is 16.3. The highest BCUT2D eigenvalue weighted by Gasteiger charge is 2.34. The van der Waals surface area contributed by atoms with Crippen molar-refractivity contribution in [2.75, 3.05) is 0 Å². The van der Waals surface area contributed by atoms with Crippen LogP contribution in [0.5, 0.6) is 0 Å². The van der Waals surface area contributed by atoms with Gasteiger partial charge in [-0.25, -0.2) is 0 Å². The molecular formula is C19H15Cl2N5OS. The van der Waals surface area contributed by atoms with Gasteiger partial charge in [-0.2, -0.15) is 15.1 Å². The molecule has 0 radical (unpaired) electrons. The maximum atomic E-state index is 12.5. The number of carbonyl (C=O) groups is 1. The lowest BCUT2D eigenvalue weighted by molar-refractivity contribution is -0.114. The summed E-state index contributed by atoms with van der Waals surface area (Å²) in [5.41, 5.74) is 3.69. The van der Waals surface area contributed by atoms with Crippen LogP contribution in [-0.4, -0.2) is 31.5 Å². The first-order valence-corrected chi connectivity index (χ1v) is 9.94. The Morgan fingerprint density at radius 2 is 1.79 bits per heavy atom. The van der Waals surface area contributed by atoms with Gasteiger partial charge in [-0.05, 0) is 68.4 Å². The van der Waals surface area contributed by atoms with Crippen LogP contribution in [0.25, 0.3) is 11.8 Å². The van der Waals surface area contributed by atoms with E-state index in [9.17, 15) is 4.79 Å². The summed E-state index contributed by atoms with van der Waals surface area (Å²) in [5.74, 6) is -0.417. The molecule has 28 heavy (non-hydrogen) atoms. The van der Waals surface area contributed by atoms with Crippen LogP contribution in [0.15, 0.2) is 39.9 Å². The minimum Gasteiger partial charge on any atom is -0.318 e. The van der Waals surface area contributed by atoms with Crippen molar-refractivity contribution in [1.82, 2.24) is 9.58 Å². The molecule has 0 spiro atoms. The van der Waals surface area contributed by atoms with Crippen LogP contribution < -0.4 is 0 Å². The van der Waals surface area contributed by atoms with E-state index in [0.29, 0.717) is 15.2 Å². The van der Waals surface area contributed by atoms with Gasteiger partial charge in [0.2, 0.25) is 5.17 Å². The van der Waals surface area contributed by atoms with E-state index in [2.05, 4.69) is 10.1 Å². The van der Waals surface area contributed by atoms with Gasteiger partial charge in [0.15, 0.2) is 5.84 Å². The van der Waals surface area contributed by atoms with Crippen LogP contribution >= 0.6 is 35.0 Å². The fourth-order valence-electron chi connectivity index (χ4n) is 3.24. The molecule has 0 unspecified atom stereocenters. The molecule has 1 N–H and O–H groups in total. The highest BCUT2D eigenvalue weighted by molar-refractivity contribution is 8.26. The number of hydrogen-bond donors (Lipinski definition) is 1. The largest absolute Gasteiger partial charge is 0.318 e. The van der Waals surface area contributed by atoms with E-state index in [1.165, 1.54) is 16.8 Å². The summed E-state index contributed by atoms with van der Waals surface area (Å²) in [6, 6.07) is 7.28. The molecule has 0 fully saturated rings. The van der Waals surface area contributed by atoms with Crippen molar-refractivity contribution in [3.63, 3.8) is 0 Å². The first-order valence-electron chi connectivity index (χ1n) is 8.37. The summed E-state index contributed by atoms with van der Waals surface area (Å²) in [6.07, 6.45) is 1.68. The van der Waals surface area contributed by atoms with E-state index in [4.69, 9.17) is 28.6 Å². The number of fused-ring (bicyclic) bond motifs is 1. The van der Waals surface area contributed by atoms with Gasteiger partial charge < -0.3 is 4.57 Å². The van der Waals surface area contributed by atoms with E-state index in [1.807, 2.05) is 43.5 Å². The normalized spacial score (nSPS) is 17.9. The third-order valence-corrected chi connectivity index (χ3v) is 5.69. The number of amidine groups is 2. The number of nitrogens with one attached hydrogen (secondary N) is 1. The van der Waals surface area contributed by atoms with Gasteiger partial charge in [0.1, 0.15) is 0 Å². The maximum absolute atomic E-state index is 12.5. The van der Waals surface area contributed by atoms with Crippen molar-refractivity contribution in [2.45, 2.75) is 20.8 Å². The quantitative estimate of drug-likeness (QED) is 0.676. The topological polar surface area (TPSA) is 73.8 Å². The smallest absolute Gasteiger partial charge is 0.283 e. The Morgan fingerprint density at radius 3 is 2.46 bits per heavy atom. The van der Waals surface area contributed by atoms with E-state index in [1.54, 1.807) is 12.1 Å². The number of thioether (sulfide) groups is 1. The molecule has 3 heterocycles. The average molecular weight is 432 g/mol. The Bertz CT molecular complexity index is 1130. The number of rotatable bonds is 2. The lowest BCUT2D eigenvalue weighted by atomic mass is 10.1. The maximum Gasteiger partial charge on any atom is 0.283 e. The van der Waals surface area contributed by atoms with Crippen molar-refractivity contribution in [1.29, 1.82) is 5.41 Å². The van der Waals surface area contributed by atoms with Crippen LogP contribution in [0.2, 0.25) is 10.0 Å². The molecule has 0 saturated heterocycles. The zero-order chi connectivity index (χ0) is 20.2.